The van der Waals surface area contributed by atoms with Crippen LogP contribution in [0.1, 0.15) is 21.6 Å². The summed E-state index contributed by atoms with van der Waals surface area (Å²) in [4.78, 5) is 22.2. The van der Waals surface area contributed by atoms with Gasteiger partial charge in [-0.05, 0) is 30.0 Å². The van der Waals surface area contributed by atoms with Crippen molar-refractivity contribution in [2.45, 2.75) is 13.1 Å². The van der Waals surface area contributed by atoms with Crippen molar-refractivity contribution in [2.75, 3.05) is 5.32 Å². The summed E-state index contributed by atoms with van der Waals surface area (Å²) in [6, 6.07) is 6.22. The first-order chi connectivity index (χ1) is 16.7. The number of aromatic nitrogens is 7. The highest BCUT2D eigenvalue weighted by Gasteiger charge is 2.41. The fraction of sp³-hybridized carbons (Fsp3) is 0.0909. The van der Waals surface area contributed by atoms with Gasteiger partial charge in [0.15, 0.2) is 11.5 Å². The summed E-state index contributed by atoms with van der Waals surface area (Å²) in [5.41, 5.74) is -0.863. The van der Waals surface area contributed by atoms with Crippen LogP contribution in [0.25, 0.3) is 22.3 Å². The fourth-order valence-corrected chi connectivity index (χ4v) is 3.89. The lowest BCUT2D eigenvalue weighted by atomic mass is 10.1. The van der Waals surface area contributed by atoms with Gasteiger partial charge in [0.2, 0.25) is 0 Å². The summed E-state index contributed by atoms with van der Waals surface area (Å²) in [5.74, 6) is -0.834. The number of fused-ring (bicyclic) bond motifs is 1. The monoisotopic (exact) mass is 498 g/mol. The Bertz CT molecular complexity index is 1560. The lowest BCUT2D eigenvalue weighted by Crippen LogP contribution is -2.21. The average Bonchev–Trinajstić information content (AvgIpc) is 3.49. The van der Waals surface area contributed by atoms with Gasteiger partial charge < -0.3 is 5.32 Å². The maximum absolute atomic E-state index is 14.2. The van der Waals surface area contributed by atoms with E-state index in [1.54, 1.807) is 25.3 Å². The van der Waals surface area contributed by atoms with E-state index in [-0.39, 0.29) is 22.2 Å². The van der Waals surface area contributed by atoms with E-state index < -0.39 is 23.3 Å². The van der Waals surface area contributed by atoms with Crippen LogP contribution in [0.3, 0.4) is 0 Å². The molecule has 4 aromatic heterocycles. The summed E-state index contributed by atoms with van der Waals surface area (Å²) in [6.45, 7) is 1.80. The van der Waals surface area contributed by atoms with Crippen molar-refractivity contribution in [3.63, 3.8) is 0 Å². The van der Waals surface area contributed by atoms with Gasteiger partial charge in [-0.15, -0.1) is 4.80 Å². The number of alkyl halides is 3. The van der Waals surface area contributed by atoms with Gasteiger partial charge in [0.1, 0.15) is 0 Å². The standard InChI is InChI=1S/C22H14ClF3N8O/c1-12-8-27-10-15-14(12)3-2-4-18(15)33-19(22(24,25)26)16(11-31-33)21(35)32-13-7-17(23)20(28-9-13)34-29-5-6-30-34/h2-11H,1H3,(H,32,35). The molecule has 0 spiro atoms. The van der Waals surface area contributed by atoms with Crippen molar-refractivity contribution in [1.82, 2.24) is 34.7 Å². The Balaban J connectivity index is 1.54. The zero-order valence-electron chi connectivity index (χ0n) is 17.8. The SMILES string of the molecule is Cc1cncc2c(-n3ncc(C(=O)Nc4cnc(-n5nccn5)c(Cl)c4)c3C(F)(F)F)cccc12. The van der Waals surface area contributed by atoms with Gasteiger partial charge in [-0.2, -0.15) is 28.5 Å². The van der Waals surface area contributed by atoms with E-state index in [0.717, 1.165) is 17.1 Å². The highest BCUT2D eigenvalue weighted by molar-refractivity contribution is 6.32. The zero-order chi connectivity index (χ0) is 24.7. The number of rotatable bonds is 4. The van der Waals surface area contributed by atoms with Crippen LogP contribution in [-0.4, -0.2) is 40.6 Å². The van der Waals surface area contributed by atoms with Crippen molar-refractivity contribution >= 4 is 34.0 Å². The highest BCUT2D eigenvalue weighted by Crippen LogP contribution is 2.36. The predicted molar refractivity (Wildman–Crippen MR) is 121 cm³/mol. The van der Waals surface area contributed by atoms with Gasteiger partial charge in [-0.1, -0.05) is 23.7 Å². The number of benzene rings is 1. The molecule has 0 aliphatic rings. The molecule has 176 valence electrons. The first kappa shape index (κ1) is 22.5. The van der Waals surface area contributed by atoms with Crippen LogP contribution in [0, 0.1) is 6.92 Å². The molecule has 9 nitrogen and oxygen atoms in total. The van der Waals surface area contributed by atoms with Crippen LogP contribution in [0.4, 0.5) is 18.9 Å². The molecule has 0 aliphatic heterocycles. The predicted octanol–water partition coefficient (Wildman–Crippen LogP) is 4.63. The maximum atomic E-state index is 14.2. The normalized spacial score (nSPS) is 11.7. The number of hydrogen-bond acceptors (Lipinski definition) is 6. The van der Waals surface area contributed by atoms with Gasteiger partial charge in [-0.25, -0.2) is 9.67 Å². The van der Waals surface area contributed by atoms with Gasteiger partial charge >= 0.3 is 6.18 Å². The molecule has 1 amide bonds. The van der Waals surface area contributed by atoms with Crippen LogP contribution in [-0.2, 0) is 6.18 Å². The summed E-state index contributed by atoms with van der Waals surface area (Å²) < 4.78 is 43.2. The molecule has 1 aromatic carbocycles. The number of pyridine rings is 2. The van der Waals surface area contributed by atoms with E-state index in [2.05, 4.69) is 30.6 Å². The zero-order valence-corrected chi connectivity index (χ0v) is 18.6. The first-order valence-electron chi connectivity index (χ1n) is 10.1. The molecule has 0 fully saturated rings. The molecule has 5 rings (SSSR count). The lowest BCUT2D eigenvalue weighted by Gasteiger charge is -2.15. The van der Waals surface area contributed by atoms with Gasteiger partial charge in [0.05, 0.1) is 46.7 Å². The van der Waals surface area contributed by atoms with Crippen LogP contribution >= 0.6 is 11.6 Å². The summed E-state index contributed by atoms with van der Waals surface area (Å²) in [6.07, 6.45) is 3.16. The van der Waals surface area contributed by atoms with Crippen LogP contribution in [0.5, 0.6) is 0 Å². The third-order valence-electron chi connectivity index (χ3n) is 5.18. The van der Waals surface area contributed by atoms with Gasteiger partial charge in [0, 0.05) is 17.8 Å². The minimum atomic E-state index is -4.88. The molecule has 13 heteroatoms. The van der Waals surface area contributed by atoms with Crippen molar-refractivity contribution < 1.29 is 18.0 Å². The number of carbonyl (C=O) groups excluding carboxylic acids is 1. The molecule has 4 heterocycles. The molecular weight excluding hydrogens is 485 g/mol. The van der Waals surface area contributed by atoms with E-state index in [0.29, 0.717) is 10.1 Å². The molecule has 0 atom stereocenters. The molecule has 0 saturated heterocycles. The number of anilines is 1. The lowest BCUT2D eigenvalue weighted by molar-refractivity contribution is -0.143. The smallest absolute Gasteiger partial charge is 0.320 e. The molecule has 0 bridgehead atoms. The second kappa shape index (κ2) is 8.47. The number of amides is 1. The van der Waals surface area contributed by atoms with Crippen molar-refractivity contribution in [3.05, 3.63) is 83.3 Å². The van der Waals surface area contributed by atoms with Gasteiger partial charge in [-0.3, -0.25) is 9.78 Å². The largest absolute Gasteiger partial charge is 0.434 e. The Hall–Kier alpha value is -4.32. The Labute approximate surface area is 200 Å². The minimum absolute atomic E-state index is 0.0850. The van der Waals surface area contributed by atoms with E-state index >= 15 is 0 Å². The Morgan fingerprint density at radius 1 is 1.03 bits per heavy atom. The van der Waals surface area contributed by atoms with Crippen LogP contribution < -0.4 is 5.32 Å². The van der Waals surface area contributed by atoms with Crippen molar-refractivity contribution in [1.29, 1.82) is 0 Å². The molecule has 1 N–H and O–H groups in total. The second-order valence-corrected chi connectivity index (χ2v) is 7.85. The third-order valence-corrected chi connectivity index (χ3v) is 5.46. The molecule has 0 unspecified atom stereocenters. The van der Waals surface area contributed by atoms with Crippen molar-refractivity contribution in [2.24, 2.45) is 0 Å². The fourth-order valence-electron chi connectivity index (χ4n) is 3.65. The topological polar surface area (TPSA) is 103 Å². The second-order valence-electron chi connectivity index (χ2n) is 7.45. The number of nitrogens with zero attached hydrogens (tertiary/aromatic N) is 7. The van der Waals surface area contributed by atoms with E-state index in [9.17, 15) is 18.0 Å². The Kier molecular flexibility index (Phi) is 5.44. The van der Waals surface area contributed by atoms with Gasteiger partial charge in [0.25, 0.3) is 5.91 Å². The number of nitrogens with one attached hydrogen (secondary N) is 1. The van der Waals surface area contributed by atoms with Crippen LogP contribution in [0.2, 0.25) is 5.02 Å². The minimum Gasteiger partial charge on any atom is -0.320 e. The third kappa shape index (κ3) is 4.08. The Morgan fingerprint density at radius 2 is 1.80 bits per heavy atom. The number of carbonyl (C=O) groups is 1. The molecule has 35 heavy (non-hydrogen) atoms. The number of hydrogen-bond donors (Lipinski definition) is 1. The quantitative estimate of drug-likeness (QED) is 0.387. The van der Waals surface area contributed by atoms with Crippen LogP contribution in [0.15, 0.2) is 61.4 Å². The summed E-state index contributed by atoms with van der Waals surface area (Å²) in [5, 5.41) is 15.4. The number of aryl methyl sites for hydroxylation is 1. The first-order valence-corrected chi connectivity index (χ1v) is 10.4. The molecule has 5 aromatic rings. The highest BCUT2D eigenvalue weighted by atomic mass is 35.5. The van der Waals surface area contributed by atoms with Crippen molar-refractivity contribution in [3.8, 4) is 11.5 Å². The Morgan fingerprint density at radius 3 is 2.51 bits per heavy atom. The van der Waals surface area contributed by atoms with E-state index in [1.165, 1.54) is 41.7 Å². The molecule has 0 radical (unpaired) electrons. The average molecular weight is 499 g/mol. The molecule has 0 aliphatic carbocycles. The summed E-state index contributed by atoms with van der Waals surface area (Å²) in [7, 11) is 0. The maximum Gasteiger partial charge on any atom is 0.434 e. The summed E-state index contributed by atoms with van der Waals surface area (Å²) >= 11 is 6.19. The van der Waals surface area contributed by atoms with E-state index in [4.69, 9.17) is 11.6 Å². The molecule has 0 saturated carbocycles. The number of halogens is 4. The molecular formula is C22H14ClF3N8O. The van der Waals surface area contributed by atoms with E-state index in [1.807, 2.05) is 0 Å².